The smallest absolute Gasteiger partial charge is 0.337 e. The monoisotopic (exact) mass is 615 g/mol. The van der Waals surface area contributed by atoms with Crippen molar-refractivity contribution in [1.82, 2.24) is 9.80 Å². The highest BCUT2D eigenvalue weighted by Gasteiger charge is 2.17. The van der Waals surface area contributed by atoms with Gasteiger partial charge in [-0.3, -0.25) is 14.6 Å². The van der Waals surface area contributed by atoms with E-state index in [0.29, 0.717) is 18.6 Å². The van der Waals surface area contributed by atoms with Gasteiger partial charge in [-0.15, -0.1) is 0 Å². The quantitative estimate of drug-likeness (QED) is 0.131. The maximum absolute atomic E-state index is 11.8. The van der Waals surface area contributed by atoms with Crippen molar-refractivity contribution in [3.8, 4) is 5.75 Å². The van der Waals surface area contributed by atoms with Crippen molar-refractivity contribution in [3.05, 3.63) is 95.6 Å². The lowest BCUT2D eigenvalue weighted by Crippen LogP contribution is -2.46. The number of anilines is 1. The number of unbranched alkanes of at least 4 members (excludes halogenated alkanes) is 2. The molecule has 1 saturated heterocycles. The van der Waals surface area contributed by atoms with Crippen LogP contribution in [-0.2, 0) is 27.2 Å². The summed E-state index contributed by atoms with van der Waals surface area (Å²) in [5.74, 6) is 0.457. The highest BCUT2D eigenvalue weighted by Crippen LogP contribution is 2.21. The fourth-order valence-electron chi connectivity index (χ4n) is 5.72. The van der Waals surface area contributed by atoms with E-state index in [2.05, 4.69) is 63.2 Å². The average molecular weight is 616 g/mol. The van der Waals surface area contributed by atoms with Gasteiger partial charge in [0.1, 0.15) is 5.75 Å². The van der Waals surface area contributed by atoms with Gasteiger partial charge >= 0.3 is 11.9 Å². The van der Waals surface area contributed by atoms with Gasteiger partial charge in [0.15, 0.2) is 0 Å². The van der Waals surface area contributed by atoms with Crippen LogP contribution in [0.15, 0.2) is 78.9 Å². The van der Waals surface area contributed by atoms with Crippen LogP contribution in [0.3, 0.4) is 0 Å². The molecule has 4 rings (SSSR count). The predicted molar refractivity (Wildman–Crippen MR) is 179 cm³/mol. The molecule has 0 bridgehead atoms. The Balaban J connectivity index is 1.22. The number of ether oxygens (including phenoxy) is 3. The summed E-state index contributed by atoms with van der Waals surface area (Å²) in [6.45, 7) is 8.65. The summed E-state index contributed by atoms with van der Waals surface area (Å²) in [5, 5.41) is 0. The molecule has 8 heteroatoms. The first-order valence-corrected chi connectivity index (χ1v) is 16.2. The topological polar surface area (TPSA) is 71.5 Å². The third kappa shape index (κ3) is 11.5. The number of hydrogen-bond donors (Lipinski definition) is 0. The van der Waals surface area contributed by atoms with Crippen molar-refractivity contribution in [2.45, 2.75) is 45.1 Å². The normalized spacial score (nSPS) is 13.5. The lowest BCUT2D eigenvalue weighted by molar-refractivity contribution is -0.140. The van der Waals surface area contributed by atoms with E-state index in [-0.39, 0.29) is 11.9 Å². The van der Waals surface area contributed by atoms with Crippen molar-refractivity contribution in [1.29, 1.82) is 0 Å². The Morgan fingerprint density at radius 1 is 0.756 bits per heavy atom. The first-order valence-electron chi connectivity index (χ1n) is 16.2. The summed E-state index contributed by atoms with van der Waals surface area (Å²) in [6, 6.07) is 26.6. The number of nitrogens with zero attached hydrogens (tertiary/aromatic N) is 3. The number of rotatable bonds is 18. The van der Waals surface area contributed by atoms with E-state index in [1.165, 1.54) is 25.5 Å². The van der Waals surface area contributed by atoms with E-state index in [9.17, 15) is 9.59 Å². The largest absolute Gasteiger partial charge is 0.493 e. The summed E-state index contributed by atoms with van der Waals surface area (Å²) in [4.78, 5) is 30.9. The van der Waals surface area contributed by atoms with E-state index in [1.54, 1.807) is 0 Å². The van der Waals surface area contributed by atoms with Crippen LogP contribution in [0.2, 0.25) is 0 Å². The number of carbonyl (C=O) groups excluding carboxylic acids is 2. The molecule has 1 aliphatic heterocycles. The summed E-state index contributed by atoms with van der Waals surface area (Å²) < 4.78 is 15.9. The molecule has 242 valence electrons. The summed E-state index contributed by atoms with van der Waals surface area (Å²) in [7, 11) is 2.82. The first-order chi connectivity index (χ1) is 22.1. The van der Waals surface area contributed by atoms with Gasteiger partial charge in [0.2, 0.25) is 0 Å². The Bertz CT molecular complexity index is 1290. The number of piperazine rings is 1. The van der Waals surface area contributed by atoms with Gasteiger partial charge < -0.3 is 19.1 Å². The zero-order valence-electron chi connectivity index (χ0n) is 27.0. The molecule has 1 fully saturated rings. The van der Waals surface area contributed by atoms with Crippen LogP contribution in [0.4, 0.5) is 5.69 Å². The maximum Gasteiger partial charge on any atom is 0.337 e. The van der Waals surface area contributed by atoms with Crippen LogP contribution in [0.5, 0.6) is 5.75 Å². The van der Waals surface area contributed by atoms with Crippen molar-refractivity contribution in [3.63, 3.8) is 0 Å². The highest BCUT2D eigenvalue weighted by molar-refractivity contribution is 5.89. The molecule has 3 aromatic rings. The summed E-state index contributed by atoms with van der Waals surface area (Å²) >= 11 is 0. The van der Waals surface area contributed by atoms with E-state index in [0.717, 1.165) is 95.8 Å². The van der Waals surface area contributed by atoms with Gasteiger partial charge in [0.25, 0.3) is 0 Å². The van der Waals surface area contributed by atoms with E-state index in [1.807, 2.05) is 30.3 Å². The van der Waals surface area contributed by atoms with Gasteiger partial charge in [0.05, 0.1) is 26.4 Å². The van der Waals surface area contributed by atoms with Gasteiger partial charge in [0, 0.05) is 51.4 Å². The molecule has 0 radical (unpaired) electrons. The molecule has 1 aliphatic rings. The Labute approximate surface area is 268 Å². The van der Waals surface area contributed by atoms with Crippen LogP contribution in [0.1, 0.15) is 53.6 Å². The SMILES string of the molecule is COC(=O)CCCCN(CCc1ccccc1OCCCCN1CCN(c2ccccc2)CC1)Cc1ccc(C(=O)OC)cc1. The molecule has 3 aromatic carbocycles. The molecular formula is C37H49N3O5. The molecule has 1 heterocycles. The second-order valence-electron chi connectivity index (χ2n) is 11.6. The Morgan fingerprint density at radius 3 is 2.22 bits per heavy atom. The standard InChI is InChI=1S/C37H49N3O5/c1-43-36(41)16-8-9-23-39(30-31-17-19-33(20-18-31)37(42)44-2)24-21-32-12-6-7-15-35(32)45-29-11-10-22-38-25-27-40(28-26-38)34-13-4-3-5-14-34/h3-7,12-15,17-20H,8-11,16,21-30H2,1-2H3. The minimum Gasteiger partial charge on any atom is -0.493 e. The Morgan fingerprint density at radius 2 is 1.49 bits per heavy atom. The number of benzene rings is 3. The number of methoxy groups -OCH3 is 2. The highest BCUT2D eigenvalue weighted by atomic mass is 16.5. The molecule has 0 spiro atoms. The second-order valence-corrected chi connectivity index (χ2v) is 11.6. The van der Waals surface area contributed by atoms with Gasteiger partial charge in [-0.2, -0.15) is 0 Å². The number of para-hydroxylation sites is 2. The van der Waals surface area contributed by atoms with Gasteiger partial charge in [-0.05, 0) is 86.7 Å². The van der Waals surface area contributed by atoms with Gasteiger partial charge in [-0.1, -0.05) is 48.5 Å². The zero-order chi connectivity index (χ0) is 31.7. The Kier molecular flexibility index (Phi) is 14.2. The number of carbonyl (C=O) groups is 2. The van der Waals surface area contributed by atoms with Crippen molar-refractivity contribution in [2.24, 2.45) is 0 Å². The lowest BCUT2D eigenvalue weighted by atomic mass is 10.1. The summed E-state index contributed by atoms with van der Waals surface area (Å²) in [5.41, 5.74) is 4.19. The zero-order valence-corrected chi connectivity index (χ0v) is 27.0. The summed E-state index contributed by atoms with van der Waals surface area (Å²) in [6.07, 6.45) is 5.13. The van der Waals surface area contributed by atoms with Crippen molar-refractivity contribution in [2.75, 3.05) is 71.5 Å². The minimum atomic E-state index is -0.334. The molecule has 0 amide bonds. The molecule has 45 heavy (non-hydrogen) atoms. The van der Waals surface area contributed by atoms with Crippen LogP contribution >= 0.6 is 0 Å². The molecule has 0 atom stereocenters. The average Bonchev–Trinajstić information content (AvgIpc) is 3.09. The van der Waals surface area contributed by atoms with E-state index >= 15 is 0 Å². The third-order valence-corrected chi connectivity index (χ3v) is 8.40. The van der Waals surface area contributed by atoms with Crippen LogP contribution in [0.25, 0.3) is 0 Å². The fourth-order valence-corrected chi connectivity index (χ4v) is 5.72. The lowest BCUT2D eigenvalue weighted by Gasteiger charge is -2.36. The van der Waals surface area contributed by atoms with Crippen LogP contribution in [0, 0.1) is 0 Å². The van der Waals surface area contributed by atoms with Crippen molar-refractivity contribution >= 4 is 17.6 Å². The molecule has 0 aromatic heterocycles. The Hall–Kier alpha value is -3.88. The number of esters is 2. The first kappa shape index (κ1) is 34.0. The van der Waals surface area contributed by atoms with Crippen LogP contribution in [-0.4, -0.2) is 88.4 Å². The second kappa shape index (κ2) is 18.8. The minimum absolute atomic E-state index is 0.170. The molecule has 0 N–H and O–H groups in total. The van der Waals surface area contributed by atoms with Gasteiger partial charge in [-0.25, -0.2) is 4.79 Å². The van der Waals surface area contributed by atoms with Crippen LogP contribution < -0.4 is 9.64 Å². The fraction of sp³-hybridized carbons (Fsp3) is 0.459. The molecule has 0 unspecified atom stereocenters. The van der Waals surface area contributed by atoms with Crippen molar-refractivity contribution < 1.29 is 23.8 Å². The molecule has 0 aliphatic carbocycles. The third-order valence-electron chi connectivity index (χ3n) is 8.40. The molecule has 0 saturated carbocycles. The van der Waals surface area contributed by atoms with E-state index in [4.69, 9.17) is 14.2 Å². The van der Waals surface area contributed by atoms with E-state index < -0.39 is 0 Å². The predicted octanol–water partition coefficient (Wildman–Crippen LogP) is 5.84. The maximum atomic E-state index is 11.8. The number of hydrogen-bond acceptors (Lipinski definition) is 8. The molecular weight excluding hydrogens is 566 g/mol. The molecule has 8 nitrogen and oxygen atoms in total.